The van der Waals surface area contributed by atoms with Crippen LogP contribution in [-0.2, 0) is 9.53 Å². The maximum absolute atomic E-state index is 11.7. The van der Waals surface area contributed by atoms with Gasteiger partial charge in [0.2, 0.25) is 0 Å². The highest BCUT2D eigenvalue weighted by Crippen LogP contribution is 2.39. The van der Waals surface area contributed by atoms with E-state index in [2.05, 4.69) is 6.58 Å². The van der Waals surface area contributed by atoms with E-state index in [9.17, 15) is 9.90 Å². The highest BCUT2D eigenvalue weighted by atomic mass is 16.5. The molecule has 0 aromatic carbocycles. The first kappa shape index (κ1) is 23.2. The minimum Gasteiger partial charge on any atom is -0.462 e. The van der Waals surface area contributed by atoms with Gasteiger partial charge in [0.15, 0.2) is 0 Å². The summed E-state index contributed by atoms with van der Waals surface area (Å²) in [6, 6.07) is 0. The number of aliphatic hydroxyl groups excluding tert-OH is 1. The van der Waals surface area contributed by atoms with Gasteiger partial charge in [0.05, 0.1) is 6.61 Å². The second kappa shape index (κ2) is 14.3. The number of hydrogen-bond acceptors (Lipinski definition) is 3. The Balaban J connectivity index is 2.60. The molecule has 0 aromatic rings. The number of esters is 1. The fourth-order valence-electron chi connectivity index (χ4n) is 4.24. The molecular weight excluding hydrogens is 324 g/mol. The number of aliphatic hydroxyl groups is 1. The molecule has 0 heterocycles. The van der Waals surface area contributed by atoms with Crippen LogP contribution in [0.3, 0.4) is 0 Å². The van der Waals surface area contributed by atoms with Gasteiger partial charge < -0.3 is 9.84 Å². The molecule has 0 atom stereocenters. The van der Waals surface area contributed by atoms with E-state index in [0.29, 0.717) is 12.2 Å². The Kier molecular flexibility index (Phi) is 12.7. The maximum Gasteiger partial charge on any atom is 0.333 e. The summed E-state index contributed by atoms with van der Waals surface area (Å²) < 4.78 is 5.38. The Morgan fingerprint density at radius 3 is 1.65 bits per heavy atom. The van der Waals surface area contributed by atoms with E-state index in [1.54, 1.807) is 6.92 Å². The lowest BCUT2D eigenvalue weighted by Crippen LogP contribution is -2.25. The number of carbonyl (C=O) groups excluding carboxylic acids is 1. The molecule has 1 rings (SSSR count). The van der Waals surface area contributed by atoms with Crippen LogP contribution >= 0.6 is 0 Å². The molecule has 0 saturated heterocycles. The van der Waals surface area contributed by atoms with Crippen molar-refractivity contribution in [2.24, 2.45) is 5.41 Å². The van der Waals surface area contributed by atoms with Crippen molar-refractivity contribution in [3.63, 3.8) is 0 Å². The van der Waals surface area contributed by atoms with Gasteiger partial charge in [0.1, 0.15) is 0 Å². The molecule has 152 valence electrons. The Morgan fingerprint density at radius 1 is 0.846 bits per heavy atom. The lowest BCUT2D eigenvalue weighted by molar-refractivity contribution is -0.139. The highest BCUT2D eigenvalue weighted by molar-refractivity contribution is 5.86. The molecular formula is C23H42O3. The van der Waals surface area contributed by atoms with Gasteiger partial charge in [-0.15, -0.1) is 0 Å². The minimum atomic E-state index is -0.290. The van der Waals surface area contributed by atoms with Crippen molar-refractivity contribution in [3.8, 4) is 0 Å². The Labute approximate surface area is 161 Å². The Morgan fingerprint density at radius 2 is 1.27 bits per heavy atom. The number of ether oxygens (including phenoxy) is 1. The molecule has 0 spiro atoms. The van der Waals surface area contributed by atoms with Crippen molar-refractivity contribution in [2.45, 2.75) is 110 Å². The third-order valence-corrected chi connectivity index (χ3v) is 6.02. The predicted molar refractivity (Wildman–Crippen MR) is 109 cm³/mol. The molecule has 1 aliphatic carbocycles. The molecule has 3 heteroatoms. The number of hydrogen-bond donors (Lipinski definition) is 1. The first-order chi connectivity index (χ1) is 12.6. The smallest absolute Gasteiger partial charge is 0.333 e. The van der Waals surface area contributed by atoms with Crippen LogP contribution in [0.25, 0.3) is 0 Å². The number of carbonyl (C=O) groups is 1. The molecule has 0 aliphatic heterocycles. The second-order valence-corrected chi connectivity index (χ2v) is 8.38. The van der Waals surface area contributed by atoms with Gasteiger partial charge >= 0.3 is 5.97 Å². The molecule has 26 heavy (non-hydrogen) atoms. The van der Waals surface area contributed by atoms with Crippen LogP contribution in [0, 0.1) is 5.41 Å². The van der Waals surface area contributed by atoms with Crippen LogP contribution in [0.15, 0.2) is 12.2 Å². The average molecular weight is 367 g/mol. The molecule has 1 aliphatic rings. The first-order valence-corrected chi connectivity index (χ1v) is 11.0. The van der Waals surface area contributed by atoms with Gasteiger partial charge in [-0.25, -0.2) is 4.79 Å². The normalized spacial score (nSPS) is 20.5. The van der Waals surface area contributed by atoms with E-state index >= 15 is 0 Å². The van der Waals surface area contributed by atoms with Gasteiger partial charge in [-0.3, -0.25) is 0 Å². The molecule has 0 unspecified atom stereocenters. The van der Waals surface area contributed by atoms with E-state index in [4.69, 9.17) is 4.74 Å². The summed E-state index contributed by atoms with van der Waals surface area (Å²) in [5.74, 6) is -0.290. The van der Waals surface area contributed by atoms with E-state index in [1.165, 1.54) is 77.0 Å². The van der Waals surface area contributed by atoms with Crippen molar-refractivity contribution in [2.75, 3.05) is 13.2 Å². The van der Waals surface area contributed by atoms with E-state index in [-0.39, 0.29) is 18.0 Å². The Bertz CT molecular complexity index is 373. The van der Waals surface area contributed by atoms with Crippen LogP contribution in [0.5, 0.6) is 0 Å². The molecule has 0 radical (unpaired) electrons. The lowest BCUT2D eigenvalue weighted by atomic mass is 9.73. The largest absolute Gasteiger partial charge is 0.462 e. The summed E-state index contributed by atoms with van der Waals surface area (Å²) in [6.45, 7) is 6.02. The minimum absolute atomic E-state index is 0.129. The van der Waals surface area contributed by atoms with Crippen molar-refractivity contribution in [1.82, 2.24) is 0 Å². The molecule has 1 fully saturated rings. The highest BCUT2D eigenvalue weighted by Gasteiger charge is 2.29. The first-order valence-electron chi connectivity index (χ1n) is 11.0. The summed E-state index contributed by atoms with van der Waals surface area (Å²) in [5.41, 5.74) is 0.591. The van der Waals surface area contributed by atoms with Crippen molar-refractivity contribution < 1.29 is 14.6 Å². The van der Waals surface area contributed by atoms with Crippen LogP contribution in [0.4, 0.5) is 0 Å². The summed E-state index contributed by atoms with van der Waals surface area (Å²) in [5, 5.41) is 9.67. The third-order valence-electron chi connectivity index (χ3n) is 6.02. The van der Waals surface area contributed by atoms with E-state index < -0.39 is 0 Å². The zero-order valence-corrected chi connectivity index (χ0v) is 17.2. The van der Waals surface area contributed by atoms with Gasteiger partial charge in [0, 0.05) is 12.2 Å². The molecule has 3 nitrogen and oxygen atoms in total. The SMILES string of the molecule is C=C(C)C(=O)OCCC1(CCO)CCCCCCCCCCCCCC1. The second-order valence-electron chi connectivity index (χ2n) is 8.38. The van der Waals surface area contributed by atoms with Crippen molar-refractivity contribution >= 4 is 5.97 Å². The van der Waals surface area contributed by atoms with Gasteiger partial charge in [-0.2, -0.15) is 0 Å². The zero-order chi connectivity index (χ0) is 19.1. The van der Waals surface area contributed by atoms with Gasteiger partial charge in [-0.1, -0.05) is 83.6 Å². The standard InChI is InChI=1S/C23H42O3/c1-21(2)22(25)26-20-18-23(17-19-24)15-13-11-9-7-5-3-4-6-8-10-12-14-16-23/h24H,1,3-20H2,2H3. The fraction of sp³-hybridized carbons (Fsp3) is 0.870. The summed E-state index contributed by atoms with van der Waals surface area (Å²) in [7, 11) is 0. The predicted octanol–water partition coefficient (Wildman–Crippen LogP) is 6.34. The summed E-state index contributed by atoms with van der Waals surface area (Å²) in [6.07, 6.45) is 20.0. The summed E-state index contributed by atoms with van der Waals surface area (Å²) in [4.78, 5) is 11.7. The molecule has 0 aromatic heterocycles. The topological polar surface area (TPSA) is 46.5 Å². The van der Waals surface area contributed by atoms with Crippen LogP contribution in [-0.4, -0.2) is 24.3 Å². The number of rotatable bonds is 6. The molecule has 0 bridgehead atoms. The maximum atomic E-state index is 11.7. The zero-order valence-electron chi connectivity index (χ0n) is 17.2. The molecule has 0 amide bonds. The lowest BCUT2D eigenvalue weighted by Gasteiger charge is -2.34. The van der Waals surface area contributed by atoms with Crippen molar-refractivity contribution in [1.29, 1.82) is 0 Å². The van der Waals surface area contributed by atoms with E-state index in [1.807, 2.05) is 0 Å². The quantitative estimate of drug-likeness (QED) is 0.441. The average Bonchev–Trinajstić information content (AvgIpc) is 2.62. The molecule has 1 N–H and O–H groups in total. The summed E-state index contributed by atoms with van der Waals surface area (Å²) >= 11 is 0. The van der Waals surface area contributed by atoms with Crippen LogP contribution in [0.1, 0.15) is 110 Å². The van der Waals surface area contributed by atoms with Gasteiger partial charge in [-0.05, 0) is 38.0 Å². The third kappa shape index (κ3) is 10.4. The Hall–Kier alpha value is -0.830. The van der Waals surface area contributed by atoms with Gasteiger partial charge in [0.25, 0.3) is 0 Å². The molecule has 1 saturated carbocycles. The fourth-order valence-corrected chi connectivity index (χ4v) is 4.24. The van der Waals surface area contributed by atoms with Crippen LogP contribution < -0.4 is 0 Å². The van der Waals surface area contributed by atoms with E-state index in [0.717, 1.165) is 25.7 Å². The van der Waals surface area contributed by atoms with Crippen LogP contribution in [0.2, 0.25) is 0 Å². The van der Waals surface area contributed by atoms with Crippen molar-refractivity contribution in [3.05, 3.63) is 12.2 Å². The monoisotopic (exact) mass is 366 g/mol.